The molecule has 0 amide bonds. The van der Waals surface area contributed by atoms with Gasteiger partial charge in [0.1, 0.15) is 0 Å². The lowest BCUT2D eigenvalue weighted by atomic mass is 9.73. The van der Waals surface area contributed by atoms with Crippen molar-refractivity contribution >= 4 is 82.5 Å². The average Bonchev–Trinajstić information content (AvgIpc) is 4.21. The molecule has 0 fully saturated rings. The maximum atomic E-state index is 2.48. The van der Waals surface area contributed by atoms with E-state index in [4.69, 9.17) is 0 Å². The van der Waals surface area contributed by atoms with Gasteiger partial charge in [-0.3, -0.25) is 0 Å². The highest BCUT2D eigenvalue weighted by atomic mass is 15.2. The van der Waals surface area contributed by atoms with Crippen molar-refractivity contribution < 1.29 is 0 Å². The summed E-state index contributed by atoms with van der Waals surface area (Å²) in [6, 6.07) is 87.0. The zero-order valence-electron chi connectivity index (χ0n) is 39.9. The third-order valence-electron chi connectivity index (χ3n) is 15.5. The van der Waals surface area contributed by atoms with Crippen LogP contribution in [0.3, 0.4) is 0 Å². The van der Waals surface area contributed by atoms with Crippen molar-refractivity contribution in [1.29, 1.82) is 0 Å². The smallest absolute Gasteiger partial charge is 0.0782 e. The third kappa shape index (κ3) is 5.88. The number of nitrogens with zero attached hydrogens (tertiary/aromatic N) is 5. The molecule has 0 N–H and O–H groups in total. The second kappa shape index (κ2) is 15.3. The van der Waals surface area contributed by atoms with Crippen LogP contribution in [0.4, 0.5) is 17.1 Å². The minimum Gasteiger partial charge on any atom is -0.316 e. The molecule has 5 heteroatoms. The van der Waals surface area contributed by atoms with Crippen molar-refractivity contribution in [1.82, 2.24) is 18.3 Å². The molecule has 0 unspecified atom stereocenters. The summed E-state index contributed by atoms with van der Waals surface area (Å²) < 4.78 is 9.58. The zero-order valence-corrected chi connectivity index (χ0v) is 39.9. The standard InChI is InChI=1S/C67H47N5/c1-67(2)56-29-11-14-32-60(56)71(65-43-63-46(40-57(65)67)34-36-68(63)48-20-5-3-6-21-48)51-25-16-19-45(39-51)44-18-15-24-50(38-44)70-58-30-12-10-27-53(58)55-42-62-47(41-64(55)70)35-37-69(62)61-33-17-28-54-52-26-9-13-31-59(52)72(66(54)61)49-22-7-4-8-23-49/h3-43H,1-2H3. The van der Waals surface area contributed by atoms with E-state index in [1.807, 2.05) is 0 Å². The largest absolute Gasteiger partial charge is 0.316 e. The van der Waals surface area contributed by atoms with Crippen LogP contribution in [0, 0.1) is 0 Å². The first kappa shape index (κ1) is 40.6. The van der Waals surface area contributed by atoms with Gasteiger partial charge < -0.3 is 23.2 Å². The van der Waals surface area contributed by atoms with Gasteiger partial charge in [0.25, 0.3) is 0 Å². The highest BCUT2D eigenvalue weighted by Crippen LogP contribution is 2.53. The van der Waals surface area contributed by atoms with Crippen LogP contribution in [-0.2, 0) is 5.41 Å². The Hall–Kier alpha value is -9.32. The van der Waals surface area contributed by atoms with Crippen LogP contribution in [0.15, 0.2) is 249 Å². The SMILES string of the molecule is CC1(C)c2ccccc2N(c2cccc(-c3cccc(-n4c5ccccc5c5cc6c(ccn6-c6cccc7c8ccccc8n(-c8ccccc8)c67)cc54)c3)c2)c2cc3c(ccn3-c3ccccc3)cc21. The fourth-order valence-corrected chi connectivity index (χ4v) is 12.2. The van der Waals surface area contributed by atoms with E-state index in [0.29, 0.717) is 0 Å². The van der Waals surface area contributed by atoms with Crippen LogP contribution >= 0.6 is 0 Å². The number of anilines is 3. The minimum absolute atomic E-state index is 0.203. The van der Waals surface area contributed by atoms with E-state index in [1.165, 1.54) is 87.9 Å². The van der Waals surface area contributed by atoms with Gasteiger partial charge >= 0.3 is 0 Å². The number of aromatic nitrogens is 4. The van der Waals surface area contributed by atoms with Gasteiger partial charge in [0.05, 0.1) is 50.2 Å². The molecule has 5 nitrogen and oxygen atoms in total. The van der Waals surface area contributed by atoms with Gasteiger partial charge in [-0.15, -0.1) is 0 Å². The summed E-state index contributed by atoms with van der Waals surface area (Å²) in [4.78, 5) is 2.48. The van der Waals surface area contributed by atoms with Gasteiger partial charge in [0, 0.05) is 72.9 Å². The van der Waals surface area contributed by atoms with E-state index in [9.17, 15) is 0 Å². The summed E-state index contributed by atoms with van der Waals surface area (Å²) in [5, 5.41) is 7.36. The predicted molar refractivity (Wildman–Crippen MR) is 301 cm³/mol. The Balaban J connectivity index is 0.870. The summed E-state index contributed by atoms with van der Waals surface area (Å²) in [6.45, 7) is 4.74. The molecular weight excluding hydrogens is 875 g/mol. The molecule has 0 atom stereocenters. The Bertz CT molecular complexity index is 4480. The molecule has 0 radical (unpaired) electrons. The fraction of sp³-hybridized carbons (Fsp3) is 0.0448. The molecule has 4 aromatic heterocycles. The molecule has 10 aromatic carbocycles. The highest BCUT2D eigenvalue weighted by Gasteiger charge is 2.37. The maximum absolute atomic E-state index is 2.48. The Kier molecular flexibility index (Phi) is 8.64. The Labute approximate surface area is 416 Å². The lowest BCUT2D eigenvalue weighted by Gasteiger charge is -2.42. The van der Waals surface area contributed by atoms with Crippen molar-refractivity contribution in [3.63, 3.8) is 0 Å². The molecule has 0 bridgehead atoms. The van der Waals surface area contributed by atoms with Gasteiger partial charge in [-0.25, -0.2) is 0 Å². The van der Waals surface area contributed by atoms with Gasteiger partial charge in [-0.05, 0) is 131 Å². The van der Waals surface area contributed by atoms with Crippen molar-refractivity contribution in [3.05, 3.63) is 260 Å². The van der Waals surface area contributed by atoms with Crippen LogP contribution in [0.2, 0.25) is 0 Å². The molecule has 14 aromatic rings. The molecule has 0 aliphatic carbocycles. The second-order valence-electron chi connectivity index (χ2n) is 19.9. The molecule has 0 saturated heterocycles. The van der Waals surface area contributed by atoms with E-state index in [2.05, 4.69) is 286 Å². The summed E-state index contributed by atoms with van der Waals surface area (Å²) >= 11 is 0. The van der Waals surface area contributed by atoms with Gasteiger partial charge in [-0.1, -0.05) is 141 Å². The Morgan fingerprint density at radius 3 is 1.64 bits per heavy atom. The van der Waals surface area contributed by atoms with E-state index in [-0.39, 0.29) is 5.41 Å². The molecule has 1 aliphatic rings. The van der Waals surface area contributed by atoms with E-state index >= 15 is 0 Å². The lowest BCUT2D eigenvalue weighted by molar-refractivity contribution is 0.633. The second-order valence-corrected chi connectivity index (χ2v) is 19.9. The molecule has 0 saturated carbocycles. The molecule has 5 heterocycles. The number of para-hydroxylation sites is 6. The maximum Gasteiger partial charge on any atom is 0.0782 e. The number of fused-ring (bicyclic) bond motifs is 10. The van der Waals surface area contributed by atoms with Gasteiger partial charge in [0.15, 0.2) is 0 Å². The predicted octanol–water partition coefficient (Wildman–Crippen LogP) is 17.5. The van der Waals surface area contributed by atoms with E-state index in [0.717, 1.165) is 39.6 Å². The summed E-state index contributed by atoms with van der Waals surface area (Å²) in [5.41, 5.74) is 20.0. The van der Waals surface area contributed by atoms with Crippen molar-refractivity contribution in [2.45, 2.75) is 19.3 Å². The molecule has 0 spiro atoms. The number of benzene rings is 10. The van der Waals surface area contributed by atoms with Crippen molar-refractivity contribution in [3.8, 4) is 33.9 Å². The number of hydrogen-bond donors (Lipinski definition) is 0. The van der Waals surface area contributed by atoms with Gasteiger partial charge in [-0.2, -0.15) is 0 Å². The van der Waals surface area contributed by atoms with Crippen LogP contribution in [0.25, 0.3) is 99.3 Å². The minimum atomic E-state index is -0.203. The van der Waals surface area contributed by atoms with Crippen molar-refractivity contribution in [2.75, 3.05) is 4.90 Å². The molecule has 72 heavy (non-hydrogen) atoms. The molecule has 1 aliphatic heterocycles. The fourth-order valence-electron chi connectivity index (χ4n) is 12.2. The summed E-state index contributed by atoms with van der Waals surface area (Å²) in [6.07, 6.45) is 4.45. The van der Waals surface area contributed by atoms with Crippen LogP contribution in [-0.4, -0.2) is 18.3 Å². The lowest BCUT2D eigenvalue weighted by Crippen LogP contribution is -2.30. The monoisotopic (exact) mass is 921 g/mol. The molecule has 15 rings (SSSR count). The first-order valence-corrected chi connectivity index (χ1v) is 24.9. The Morgan fingerprint density at radius 2 is 0.861 bits per heavy atom. The third-order valence-corrected chi connectivity index (χ3v) is 15.5. The van der Waals surface area contributed by atoms with Gasteiger partial charge in [0.2, 0.25) is 0 Å². The number of rotatable bonds is 6. The highest BCUT2D eigenvalue weighted by molar-refractivity contribution is 6.15. The normalized spacial score (nSPS) is 13.2. The van der Waals surface area contributed by atoms with Crippen molar-refractivity contribution in [2.24, 2.45) is 0 Å². The first-order valence-electron chi connectivity index (χ1n) is 24.9. The zero-order chi connectivity index (χ0) is 47.7. The van der Waals surface area contributed by atoms with E-state index in [1.54, 1.807) is 0 Å². The quantitative estimate of drug-likeness (QED) is 0.163. The Morgan fingerprint density at radius 1 is 0.306 bits per heavy atom. The van der Waals surface area contributed by atoms with Crippen LogP contribution in [0.1, 0.15) is 25.0 Å². The number of hydrogen-bond acceptors (Lipinski definition) is 1. The average molecular weight is 922 g/mol. The molecule has 340 valence electrons. The van der Waals surface area contributed by atoms with E-state index < -0.39 is 0 Å². The topological polar surface area (TPSA) is 23.0 Å². The molecular formula is C67H47N5. The van der Waals surface area contributed by atoms with Crippen LogP contribution in [0.5, 0.6) is 0 Å². The first-order chi connectivity index (χ1) is 35.5. The summed E-state index contributed by atoms with van der Waals surface area (Å²) in [7, 11) is 0. The summed E-state index contributed by atoms with van der Waals surface area (Å²) in [5.74, 6) is 0. The van der Waals surface area contributed by atoms with Crippen LogP contribution < -0.4 is 4.90 Å².